The lowest BCUT2D eigenvalue weighted by atomic mass is 10.1. The molecule has 1 aromatic rings. The Bertz CT molecular complexity index is 409. The lowest BCUT2D eigenvalue weighted by Crippen LogP contribution is -2.11. The topological polar surface area (TPSA) is 40.9 Å². The van der Waals surface area contributed by atoms with Crippen molar-refractivity contribution in [3.8, 4) is 6.07 Å². The number of hydrogen-bond donors (Lipinski definition) is 0. The van der Waals surface area contributed by atoms with Gasteiger partial charge in [-0.1, -0.05) is 15.9 Å². The number of carbonyl (C=O) groups is 1. The number of rotatable bonds is 2. The maximum Gasteiger partial charge on any atom is 0.181 e. The summed E-state index contributed by atoms with van der Waals surface area (Å²) in [6.07, 6.45) is 0. The second-order valence-corrected chi connectivity index (χ2v) is 4.30. The number of alkyl halides is 1. The van der Waals surface area contributed by atoms with Gasteiger partial charge in [0.25, 0.3) is 0 Å². The van der Waals surface area contributed by atoms with Gasteiger partial charge in [-0.2, -0.15) is 5.26 Å². The molecular formula is C10H7BrClNO. The maximum atomic E-state index is 11.5. The molecule has 1 unspecified atom stereocenters. The maximum absolute atomic E-state index is 11.5. The van der Waals surface area contributed by atoms with E-state index in [0.717, 1.165) is 0 Å². The monoisotopic (exact) mass is 271 g/mol. The van der Waals surface area contributed by atoms with E-state index in [-0.39, 0.29) is 5.78 Å². The molecule has 72 valence electrons. The molecule has 4 heteroatoms. The van der Waals surface area contributed by atoms with Crippen molar-refractivity contribution in [3.05, 3.63) is 33.8 Å². The number of nitriles is 1. The summed E-state index contributed by atoms with van der Waals surface area (Å²) in [7, 11) is 0. The third-order valence-corrected chi connectivity index (χ3v) is 2.58. The smallest absolute Gasteiger partial charge is 0.181 e. The van der Waals surface area contributed by atoms with Gasteiger partial charge in [0.15, 0.2) is 5.78 Å². The van der Waals surface area contributed by atoms with Crippen LogP contribution in [0.1, 0.15) is 22.8 Å². The van der Waals surface area contributed by atoms with Gasteiger partial charge in [0.1, 0.15) is 0 Å². The molecule has 14 heavy (non-hydrogen) atoms. The highest BCUT2D eigenvalue weighted by Crippen LogP contribution is 2.21. The van der Waals surface area contributed by atoms with Crippen LogP contribution in [0, 0.1) is 11.3 Å². The third kappa shape index (κ3) is 2.34. The van der Waals surface area contributed by atoms with Gasteiger partial charge in [-0.15, -0.1) is 11.6 Å². The van der Waals surface area contributed by atoms with E-state index < -0.39 is 5.38 Å². The van der Waals surface area contributed by atoms with Crippen molar-refractivity contribution in [2.24, 2.45) is 0 Å². The van der Waals surface area contributed by atoms with E-state index in [0.29, 0.717) is 15.6 Å². The van der Waals surface area contributed by atoms with Crippen molar-refractivity contribution < 1.29 is 4.79 Å². The molecule has 1 aromatic carbocycles. The summed E-state index contributed by atoms with van der Waals surface area (Å²) < 4.78 is 0.606. The van der Waals surface area contributed by atoms with Gasteiger partial charge in [-0.3, -0.25) is 4.79 Å². The molecule has 0 heterocycles. The minimum atomic E-state index is -0.556. The number of carbonyl (C=O) groups excluding carboxylic acids is 1. The fraction of sp³-hybridized carbons (Fsp3) is 0.200. The van der Waals surface area contributed by atoms with E-state index in [1.165, 1.54) is 0 Å². The van der Waals surface area contributed by atoms with Gasteiger partial charge in [-0.05, 0) is 25.1 Å². The summed E-state index contributed by atoms with van der Waals surface area (Å²) >= 11 is 8.90. The summed E-state index contributed by atoms with van der Waals surface area (Å²) in [6.45, 7) is 1.62. The van der Waals surface area contributed by atoms with E-state index in [2.05, 4.69) is 15.9 Å². The molecule has 0 radical (unpaired) electrons. The standard InChI is InChI=1S/C10H7BrClNO/c1-6(12)10(14)8-3-2-7(5-13)4-9(8)11/h2-4,6H,1H3. The highest BCUT2D eigenvalue weighted by molar-refractivity contribution is 9.10. The lowest BCUT2D eigenvalue weighted by Gasteiger charge is -2.04. The van der Waals surface area contributed by atoms with E-state index >= 15 is 0 Å². The Morgan fingerprint density at radius 3 is 2.71 bits per heavy atom. The molecule has 0 N–H and O–H groups in total. The van der Waals surface area contributed by atoms with E-state index in [1.54, 1.807) is 25.1 Å². The van der Waals surface area contributed by atoms with Crippen LogP contribution in [0.2, 0.25) is 0 Å². The molecule has 0 saturated heterocycles. The highest BCUT2D eigenvalue weighted by atomic mass is 79.9. The Hall–Kier alpha value is -0.850. The van der Waals surface area contributed by atoms with Gasteiger partial charge >= 0.3 is 0 Å². The molecule has 0 aliphatic heterocycles. The predicted molar refractivity (Wildman–Crippen MR) is 58.5 cm³/mol. The SMILES string of the molecule is CC(Cl)C(=O)c1ccc(C#N)cc1Br. The van der Waals surface area contributed by atoms with Crippen molar-refractivity contribution in [3.63, 3.8) is 0 Å². The molecular weight excluding hydrogens is 265 g/mol. The van der Waals surface area contributed by atoms with Crippen LogP contribution in [-0.4, -0.2) is 11.2 Å². The summed E-state index contributed by atoms with van der Waals surface area (Å²) in [5, 5.41) is 8.06. The first-order chi connectivity index (χ1) is 6.56. The van der Waals surface area contributed by atoms with Crippen LogP contribution in [0.5, 0.6) is 0 Å². The minimum Gasteiger partial charge on any atom is -0.292 e. The third-order valence-electron chi connectivity index (χ3n) is 1.72. The Balaban J connectivity index is 3.14. The van der Waals surface area contributed by atoms with Crippen LogP contribution in [0.25, 0.3) is 0 Å². The second-order valence-electron chi connectivity index (χ2n) is 2.79. The van der Waals surface area contributed by atoms with E-state index in [4.69, 9.17) is 16.9 Å². The van der Waals surface area contributed by atoms with Crippen molar-refractivity contribution in [1.29, 1.82) is 5.26 Å². The van der Waals surface area contributed by atoms with Gasteiger partial charge in [0.2, 0.25) is 0 Å². The molecule has 1 atom stereocenters. The summed E-state index contributed by atoms with van der Waals surface area (Å²) in [4.78, 5) is 11.5. The van der Waals surface area contributed by atoms with Crippen molar-refractivity contribution in [2.45, 2.75) is 12.3 Å². The molecule has 0 amide bonds. The number of ketones is 1. The predicted octanol–water partition coefficient (Wildman–Crippen LogP) is 3.13. The molecule has 0 aliphatic carbocycles. The van der Waals surface area contributed by atoms with Crippen LogP contribution in [0.15, 0.2) is 22.7 Å². The van der Waals surface area contributed by atoms with Crippen LogP contribution < -0.4 is 0 Å². The van der Waals surface area contributed by atoms with Gasteiger partial charge in [-0.25, -0.2) is 0 Å². The normalized spacial score (nSPS) is 11.9. The molecule has 0 fully saturated rings. The Morgan fingerprint density at radius 2 is 2.29 bits per heavy atom. The number of nitrogens with zero attached hydrogens (tertiary/aromatic N) is 1. The van der Waals surface area contributed by atoms with Crippen LogP contribution in [-0.2, 0) is 0 Å². The largest absolute Gasteiger partial charge is 0.292 e. The van der Waals surface area contributed by atoms with Crippen LogP contribution in [0.3, 0.4) is 0 Å². The van der Waals surface area contributed by atoms with Crippen LogP contribution >= 0.6 is 27.5 Å². The quantitative estimate of drug-likeness (QED) is 0.613. The van der Waals surface area contributed by atoms with E-state index in [9.17, 15) is 4.79 Å². The average molecular weight is 273 g/mol. The molecule has 1 rings (SSSR count). The zero-order chi connectivity index (χ0) is 10.7. The molecule has 0 aliphatic rings. The van der Waals surface area contributed by atoms with Gasteiger partial charge in [0.05, 0.1) is 17.0 Å². The van der Waals surface area contributed by atoms with Crippen molar-refractivity contribution in [1.82, 2.24) is 0 Å². The molecule has 2 nitrogen and oxygen atoms in total. The summed E-state index contributed by atoms with van der Waals surface area (Å²) in [6, 6.07) is 6.79. The fourth-order valence-corrected chi connectivity index (χ4v) is 1.69. The number of halogens is 2. The summed E-state index contributed by atoms with van der Waals surface area (Å²) in [5.41, 5.74) is 1.02. The second kappa shape index (κ2) is 4.59. The van der Waals surface area contributed by atoms with Gasteiger partial charge < -0.3 is 0 Å². The fourth-order valence-electron chi connectivity index (χ4n) is 0.999. The van der Waals surface area contributed by atoms with Crippen LogP contribution in [0.4, 0.5) is 0 Å². The van der Waals surface area contributed by atoms with E-state index in [1.807, 2.05) is 6.07 Å². The Labute approximate surface area is 95.6 Å². The molecule has 0 spiro atoms. The lowest BCUT2D eigenvalue weighted by molar-refractivity contribution is 0.0991. The first kappa shape index (κ1) is 11.2. The van der Waals surface area contributed by atoms with Gasteiger partial charge in [0, 0.05) is 10.0 Å². The first-order valence-corrected chi connectivity index (χ1v) is 5.17. The molecule has 0 bridgehead atoms. The number of hydrogen-bond acceptors (Lipinski definition) is 2. The summed E-state index contributed by atoms with van der Waals surface area (Å²) in [5.74, 6) is -0.150. The highest BCUT2D eigenvalue weighted by Gasteiger charge is 2.15. The Morgan fingerprint density at radius 1 is 1.64 bits per heavy atom. The van der Waals surface area contributed by atoms with Crippen molar-refractivity contribution in [2.75, 3.05) is 0 Å². The zero-order valence-corrected chi connectivity index (χ0v) is 9.76. The zero-order valence-electron chi connectivity index (χ0n) is 7.42. The van der Waals surface area contributed by atoms with Crippen molar-refractivity contribution >= 4 is 33.3 Å². The average Bonchev–Trinajstić information content (AvgIpc) is 2.16. The number of benzene rings is 1. The molecule has 0 aromatic heterocycles. The first-order valence-electron chi connectivity index (χ1n) is 3.94. The number of Topliss-reactive ketones (excluding diaryl/α,β-unsaturated/α-hetero) is 1. The Kier molecular flexibility index (Phi) is 3.68. The molecule has 0 saturated carbocycles. The minimum absolute atomic E-state index is 0.150.